The topological polar surface area (TPSA) is 69.9 Å². The second-order valence-corrected chi connectivity index (χ2v) is 7.14. The van der Waals surface area contributed by atoms with Crippen LogP contribution in [0.25, 0.3) is 16.9 Å². The molecule has 3 heterocycles. The maximum atomic E-state index is 11.1. The van der Waals surface area contributed by atoms with Crippen molar-refractivity contribution in [1.29, 1.82) is 0 Å². The van der Waals surface area contributed by atoms with Crippen LogP contribution in [0.5, 0.6) is 0 Å². The van der Waals surface area contributed by atoms with Crippen molar-refractivity contribution in [2.45, 2.75) is 19.9 Å². The molecule has 0 spiro atoms. The van der Waals surface area contributed by atoms with Gasteiger partial charge < -0.3 is 14.8 Å². The number of benzene rings is 1. The number of carbonyl (C=O) groups is 1. The van der Waals surface area contributed by atoms with Gasteiger partial charge in [-0.05, 0) is 18.6 Å². The molecule has 1 aliphatic rings. The number of aromatic nitrogens is 2. The number of carboxylic acids is 1. The average molecular weight is 364 g/mol. The lowest BCUT2D eigenvalue weighted by Crippen LogP contribution is -2.43. The Morgan fingerprint density at radius 3 is 2.59 bits per heavy atom. The summed E-state index contributed by atoms with van der Waals surface area (Å²) in [7, 11) is 0. The minimum Gasteiger partial charge on any atom is -0.481 e. The Bertz CT molecular complexity index is 956. The quantitative estimate of drug-likeness (QED) is 0.727. The summed E-state index contributed by atoms with van der Waals surface area (Å²) in [5.74, 6) is -0.822. The third kappa shape index (κ3) is 3.86. The Morgan fingerprint density at radius 2 is 1.89 bits per heavy atom. The largest absolute Gasteiger partial charge is 0.481 e. The fourth-order valence-corrected chi connectivity index (χ4v) is 3.59. The van der Waals surface area contributed by atoms with Crippen LogP contribution in [0.4, 0.5) is 0 Å². The highest BCUT2D eigenvalue weighted by atomic mass is 16.4. The minimum atomic E-state index is -0.822. The van der Waals surface area contributed by atoms with E-state index in [4.69, 9.17) is 10.1 Å². The van der Waals surface area contributed by atoms with Crippen LogP contribution < -0.4 is 5.32 Å². The highest BCUT2D eigenvalue weighted by molar-refractivity contribution is 5.71. The molecule has 140 valence electrons. The first-order valence-electron chi connectivity index (χ1n) is 9.32. The molecule has 0 bridgehead atoms. The molecule has 2 N–H and O–H groups in total. The number of hydrogen-bond donors (Lipinski definition) is 2. The van der Waals surface area contributed by atoms with Gasteiger partial charge in [0.2, 0.25) is 0 Å². The predicted molar refractivity (Wildman–Crippen MR) is 105 cm³/mol. The van der Waals surface area contributed by atoms with Gasteiger partial charge in [-0.3, -0.25) is 9.69 Å². The maximum absolute atomic E-state index is 11.1. The number of pyridine rings is 1. The number of imidazole rings is 1. The average Bonchev–Trinajstić information content (AvgIpc) is 3.01. The van der Waals surface area contributed by atoms with Gasteiger partial charge in [0, 0.05) is 44.5 Å². The lowest BCUT2D eigenvalue weighted by Gasteiger charge is -2.27. The van der Waals surface area contributed by atoms with Gasteiger partial charge in [-0.2, -0.15) is 0 Å². The van der Waals surface area contributed by atoms with E-state index >= 15 is 0 Å². The molecule has 6 nitrogen and oxygen atoms in total. The molecule has 1 aliphatic heterocycles. The Morgan fingerprint density at radius 1 is 1.15 bits per heavy atom. The van der Waals surface area contributed by atoms with E-state index in [0.29, 0.717) is 0 Å². The predicted octanol–water partition coefficient (Wildman–Crippen LogP) is 2.34. The fraction of sp³-hybridized carbons (Fsp3) is 0.333. The molecule has 1 fully saturated rings. The van der Waals surface area contributed by atoms with Gasteiger partial charge >= 0.3 is 5.97 Å². The third-order valence-electron chi connectivity index (χ3n) is 5.04. The number of fused-ring (bicyclic) bond motifs is 1. The van der Waals surface area contributed by atoms with E-state index in [0.717, 1.165) is 60.9 Å². The van der Waals surface area contributed by atoms with Crippen LogP contribution in [0.1, 0.15) is 16.8 Å². The number of nitrogens with zero attached hydrogens (tertiary/aromatic N) is 3. The smallest absolute Gasteiger partial charge is 0.307 e. The fourth-order valence-electron chi connectivity index (χ4n) is 3.59. The molecular formula is C21H24N4O2. The minimum absolute atomic E-state index is 0.0149. The SMILES string of the molecule is Cc1ccc(-c2nc3ccc(CC(=O)O)cn3c2CN2CCNCC2)cc1. The number of hydrogen-bond acceptors (Lipinski definition) is 4. The normalized spacial score (nSPS) is 15.3. The van der Waals surface area contributed by atoms with Gasteiger partial charge in [-0.15, -0.1) is 0 Å². The monoisotopic (exact) mass is 364 g/mol. The molecule has 4 rings (SSSR count). The lowest BCUT2D eigenvalue weighted by molar-refractivity contribution is -0.136. The molecule has 1 aromatic carbocycles. The molecular weight excluding hydrogens is 340 g/mol. The van der Waals surface area contributed by atoms with Gasteiger partial charge in [0.05, 0.1) is 17.8 Å². The summed E-state index contributed by atoms with van der Waals surface area (Å²) >= 11 is 0. The van der Waals surface area contributed by atoms with Gasteiger partial charge in [0.1, 0.15) is 5.65 Å². The van der Waals surface area contributed by atoms with E-state index in [2.05, 4.69) is 45.8 Å². The summed E-state index contributed by atoms with van der Waals surface area (Å²) < 4.78 is 2.06. The number of piperazine rings is 1. The van der Waals surface area contributed by atoms with Crippen molar-refractivity contribution in [3.63, 3.8) is 0 Å². The number of rotatable bonds is 5. The molecule has 3 aromatic rings. The van der Waals surface area contributed by atoms with Gasteiger partial charge in [-0.25, -0.2) is 4.98 Å². The molecule has 6 heteroatoms. The van der Waals surface area contributed by atoms with Crippen molar-refractivity contribution in [3.05, 3.63) is 59.4 Å². The molecule has 2 aromatic heterocycles. The zero-order valence-corrected chi connectivity index (χ0v) is 15.5. The van der Waals surface area contributed by atoms with E-state index in [1.165, 1.54) is 5.56 Å². The van der Waals surface area contributed by atoms with Crippen molar-refractivity contribution < 1.29 is 9.90 Å². The van der Waals surface area contributed by atoms with Crippen molar-refractivity contribution in [1.82, 2.24) is 19.6 Å². The number of aliphatic carboxylic acids is 1. The van der Waals surface area contributed by atoms with E-state index < -0.39 is 5.97 Å². The number of carboxylic acid groups (broad SMARTS) is 1. The van der Waals surface area contributed by atoms with Gasteiger partial charge in [0.15, 0.2) is 0 Å². The van der Waals surface area contributed by atoms with E-state index in [1.54, 1.807) is 0 Å². The van der Waals surface area contributed by atoms with Crippen molar-refractivity contribution in [2.75, 3.05) is 26.2 Å². The van der Waals surface area contributed by atoms with E-state index in [-0.39, 0.29) is 6.42 Å². The molecule has 0 radical (unpaired) electrons. The highest BCUT2D eigenvalue weighted by Gasteiger charge is 2.19. The van der Waals surface area contributed by atoms with Crippen LogP contribution in [-0.2, 0) is 17.8 Å². The summed E-state index contributed by atoms with van der Waals surface area (Å²) in [5, 5.41) is 12.5. The summed E-state index contributed by atoms with van der Waals surface area (Å²) in [4.78, 5) is 18.4. The first-order valence-corrected chi connectivity index (χ1v) is 9.32. The maximum Gasteiger partial charge on any atom is 0.307 e. The van der Waals surface area contributed by atoms with Gasteiger partial charge in [0.25, 0.3) is 0 Å². The molecule has 0 amide bonds. The Labute approximate surface area is 158 Å². The first-order chi connectivity index (χ1) is 13.1. The first kappa shape index (κ1) is 17.7. The summed E-state index contributed by atoms with van der Waals surface area (Å²) in [6.45, 7) is 6.84. The van der Waals surface area contributed by atoms with Crippen LogP contribution in [0.15, 0.2) is 42.6 Å². The summed E-state index contributed by atoms with van der Waals surface area (Å²) in [5.41, 5.74) is 6.03. The number of aryl methyl sites for hydroxylation is 1. The van der Waals surface area contributed by atoms with Gasteiger partial charge in [-0.1, -0.05) is 35.9 Å². The standard InChI is InChI=1S/C21H24N4O2/c1-15-2-5-17(6-3-15)21-18(14-24-10-8-22-9-11-24)25-13-16(12-20(26)27)4-7-19(25)23-21/h2-7,13,22H,8-12,14H2,1H3,(H,26,27). The summed E-state index contributed by atoms with van der Waals surface area (Å²) in [6, 6.07) is 12.2. The molecule has 27 heavy (non-hydrogen) atoms. The Hall–Kier alpha value is -2.70. The second kappa shape index (κ2) is 7.50. The van der Waals surface area contributed by atoms with Crippen LogP contribution >= 0.6 is 0 Å². The van der Waals surface area contributed by atoms with Crippen LogP contribution in [0.2, 0.25) is 0 Å². The molecule has 1 saturated heterocycles. The highest BCUT2D eigenvalue weighted by Crippen LogP contribution is 2.26. The van der Waals surface area contributed by atoms with E-state index in [1.807, 2.05) is 18.3 Å². The van der Waals surface area contributed by atoms with E-state index in [9.17, 15) is 4.79 Å². The molecule has 0 saturated carbocycles. The molecule has 0 unspecified atom stereocenters. The van der Waals surface area contributed by atoms with Crippen LogP contribution in [0, 0.1) is 6.92 Å². The zero-order chi connectivity index (χ0) is 18.8. The van der Waals surface area contributed by atoms with Crippen LogP contribution in [0.3, 0.4) is 0 Å². The van der Waals surface area contributed by atoms with Crippen LogP contribution in [-0.4, -0.2) is 51.5 Å². The van der Waals surface area contributed by atoms with Crippen molar-refractivity contribution in [2.24, 2.45) is 0 Å². The molecule has 0 aliphatic carbocycles. The van der Waals surface area contributed by atoms with Crippen molar-refractivity contribution >= 4 is 11.6 Å². The van der Waals surface area contributed by atoms with Crippen molar-refractivity contribution in [3.8, 4) is 11.3 Å². The third-order valence-corrected chi connectivity index (χ3v) is 5.04. The zero-order valence-electron chi connectivity index (χ0n) is 15.5. The Balaban J connectivity index is 1.80. The summed E-state index contributed by atoms with van der Waals surface area (Å²) in [6.07, 6.45) is 1.94. The Kier molecular flexibility index (Phi) is 4.92. The lowest BCUT2D eigenvalue weighted by atomic mass is 10.1. The second-order valence-electron chi connectivity index (χ2n) is 7.14. The molecule has 0 atom stereocenters. The number of nitrogens with one attached hydrogen (secondary N) is 1.